The fourth-order valence-electron chi connectivity index (χ4n) is 2.13. The molecule has 24 heavy (non-hydrogen) atoms. The van der Waals surface area contributed by atoms with E-state index in [2.05, 4.69) is 6.92 Å². The van der Waals surface area contributed by atoms with Gasteiger partial charge >= 0.3 is 5.97 Å². The normalized spacial score (nSPS) is 12.1. The number of hydrogen-bond acceptors (Lipinski definition) is 5. The smallest absolute Gasteiger partial charge is 0.340 e. The van der Waals surface area contributed by atoms with Crippen molar-refractivity contribution in [2.24, 2.45) is 0 Å². The Bertz CT molecular complexity index is 444. The van der Waals surface area contributed by atoms with E-state index in [1.54, 1.807) is 0 Å². The summed E-state index contributed by atoms with van der Waals surface area (Å²) in [7, 11) is 0. The lowest BCUT2D eigenvalue weighted by atomic mass is 10.2. The van der Waals surface area contributed by atoms with Crippen molar-refractivity contribution < 1.29 is 24.1 Å². The van der Waals surface area contributed by atoms with Crippen molar-refractivity contribution in [3.63, 3.8) is 0 Å². The summed E-state index contributed by atoms with van der Waals surface area (Å²) in [4.78, 5) is 12.0. The lowest BCUT2D eigenvalue weighted by Crippen LogP contribution is -2.21. The third kappa shape index (κ3) is 8.89. The average molecular weight is 338 g/mol. The Balaban J connectivity index is 2.14. The van der Waals surface area contributed by atoms with Crippen molar-refractivity contribution in [1.29, 1.82) is 0 Å². The highest BCUT2D eigenvalue weighted by Gasteiger charge is 2.14. The number of ether oxygens (including phenoxy) is 3. The molecule has 1 aromatic rings. The molecule has 0 heterocycles. The van der Waals surface area contributed by atoms with E-state index in [0.29, 0.717) is 25.2 Å². The van der Waals surface area contributed by atoms with E-state index < -0.39 is 12.3 Å². The van der Waals surface area contributed by atoms with Crippen LogP contribution >= 0.6 is 0 Å². The van der Waals surface area contributed by atoms with Gasteiger partial charge in [-0.05, 0) is 37.1 Å². The van der Waals surface area contributed by atoms with Crippen LogP contribution in [0.1, 0.15) is 62.7 Å². The van der Waals surface area contributed by atoms with Crippen molar-refractivity contribution in [1.82, 2.24) is 0 Å². The maximum absolute atomic E-state index is 12.0. The summed E-state index contributed by atoms with van der Waals surface area (Å²) in [6.45, 7) is 6.05. The fraction of sp³-hybridized carbons (Fsp3) is 0.632. The SMILES string of the molecule is CCCCCCOCCCOC(CC)OC(=O)c1ccc(O)cc1. The number of hydrogen-bond donors (Lipinski definition) is 1. The topological polar surface area (TPSA) is 65.0 Å². The minimum absolute atomic E-state index is 0.115. The standard InChI is InChI=1S/C19H30O5/c1-3-5-6-7-13-22-14-8-15-23-18(4-2)24-19(21)16-9-11-17(20)12-10-16/h9-12,18,20H,3-8,13-15H2,1-2H3. The Labute approximate surface area is 144 Å². The monoisotopic (exact) mass is 338 g/mol. The molecule has 1 rings (SSSR count). The van der Waals surface area contributed by atoms with Gasteiger partial charge in [0, 0.05) is 19.6 Å². The van der Waals surface area contributed by atoms with Gasteiger partial charge in [0.2, 0.25) is 6.29 Å². The lowest BCUT2D eigenvalue weighted by molar-refractivity contribution is -0.114. The summed E-state index contributed by atoms with van der Waals surface area (Å²) in [5, 5.41) is 9.23. The molecule has 0 amide bonds. The second-order valence-electron chi connectivity index (χ2n) is 5.69. The molecule has 0 saturated heterocycles. The van der Waals surface area contributed by atoms with Gasteiger partial charge in [0.05, 0.1) is 12.2 Å². The van der Waals surface area contributed by atoms with Gasteiger partial charge < -0.3 is 19.3 Å². The van der Waals surface area contributed by atoms with Crippen LogP contribution in [0.2, 0.25) is 0 Å². The number of esters is 1. The van der Waals surface area contributed by atoms with Crippen molar-refractivity contribution in [3.05, 3.63) is 29.8 Å². The second kappa shape index (κ2) is 12.8. The minimum atomic E-state index is -0.559. The Morgan fingerprint density at radius 2 is 1.71 bits per heavy atom. The molecule has 1 unspecified atom stereocenters. The highest BCUT2D eigenvalue weighted by Crippen LogP contribution is 2.12. The van der Waals surface area contributed by atoms with E-state index in [4.69, 9.17) is 14.2 Å². The highest BCUT2D eigenvalue weighted by atomic mass is 16.7. The first-order valence-electron chi connectivity index (χ1n) is 8.86. The number of benzene rings is 1. The molecule has 5 heteroatoms. The fourth-order valence-corrected chi connectivity index (χ4v) is 2.13. The molecule has 0 aliphatic heterocycles. The van der Waals surface area contributed by atoms with Crippen LogP contribution in [0.4, 0.5) is 0 Å². The van der Waals surface area contributed by atoms with Gasteiger partial charge in [-0.1, -0.05) is 33.1 Å². The summed E-state index contributed by atoms with van der Waals surface area (Å²) in [5.41, 5.74) is 0.394. The number of carbonyl (C=O) groups is 1. The molecule has 136 valence electrons. The molecule has 0 radical (unpaired) electrons. The average Bonchev–Trinajstić information content (AvgIpc) is 2.59. The van der Waals surface area contributed by atoms with E-state index in [1.807, 2.05) is 6.92 Å². The van der Waals surface area contributed by atoms with Crippen LogP contribution in [0.25, 0.3) is 0 Å². The molecular formula is C19H30O5. The molecule has 0 spiro atoms. The molecule has 0 aliphatic carbocycles. The van der Waals surface area contributed by atoms with Crippen LogP contribution in [0.5, 0.6) is 5.75 Å². The van der Waals surface area contributed by atoms with E-state index in [-0.39, 0.29) is 5.75 Å². The number of phenolic OH excluding ortho intramolecular Hbond substituents is 1. The lowest BCUT2D eigenvalue weighted by Gasteiger charge is -2.17. The molecule has 0 fully saturated rings. The third-order valence-electron chi connectivity index (χ3n) is 3.55. The number of unbranched alkanes of at least 4 members (excludes halogenated alkanes) is 3. The van der Waals surface area contributed by atoms with E-state index in [9.17, 15) is 9.90 Å². The number of carbonyl (C=O) groups excluding carboxylic acids is 1. The molecular weight excluding hydrogens is 308 g/mol. The zero-order chi connectivity index (χ0) is 17.6. The molecule has 1 atom stereocenters. The largest absolute Gasteiger partial charge is 0.508 e. The molecule has 0 saturated carbocycles. The number of aromatic hydroxyl groups is 1. The number of phenols is 1. The van der Waals surface area contributed by atoms with Crippen molar-refractivity contribution in [2.45, 2.75) is 58.7 Å². The number of rotatable bonds is 13. The molecule has 1 aromatic carbocycles. The van der Waals surface area contributed by atoms with Gasteiger partial charge in [-0.3, -0.25) is 0 Å². The van der Waals surface area contributed by atoms with Crippen LogP contribution in [-0.4, -0.2) is 37.2 Å². The first-order valence-corrected chi connectivity index (χ1v) is 8.86. The molecule has 0 aromatic heterocycles. The van der Waals surface area contributed by atoms with Gasteiger partial charge in [0.15, 0.2) is 0 Å². The van der Waals surface area contributed by atoms with Gasteiger partial charge in [0.25, 0.3) is 0 Å². The van der Waals surface area contributed by atoms with Crippen molar-refractivity contribution in [2.75, 3.05) is 19.8 Å². The van der Waals surface area contributed by atoms with Crippen LogP contribution < -0.4 is 0 Å². The van der Waals surface area contributed by atoms with E-state index in [1.165, 1.54) is 43.5 Å². The first-order chi connectivity index (χ1) is 11.7. The van der Waals surface area contributed by atoms with E-state index in [0.717, 1.165) is 19.4 Å². The van der Waals surface area contributed by atoms with Crippen LogP contribution in [0.3, 0.4) is 0 Å². The van der Waals surface area contributed by atoms with Gasteiger partial charge in [-0.2, -0.15) is 0 Å². The van der Waals surface area contributed by atoms with Gasteiger partial charge in [0.1, 0.15) is 5.75 Å². The minimum Gasteiger partial charge on any atom is -0.508 e. The van der Waals surface area contributed by atoms with Gasteiger partial charge in [-0.25, -0.2) is 4.79 Å². The molecule has 1 N–H and O–H groups in total. The summed E-state index contributed by atoms with van der Waals surface area (Å²) in [6, 6.07) is 5.96. The molecule has 0 bridgehead atoms. The van der Waals surface area contributed by atoms with Crippen LogP contribution in [0.15, 0.2) is 24.3 Å². The van der Waals surface area contributed by atoms with Crippen molar-refractivity contribution in [3.8, 4) is 5.75 Å². The predicted molar refractivity (Wildman–Crippen MR) is 93.1 cm³/mol. The Kier molecular flexibility index (Phi) is 10.9. The zero-order valence-electron chi connectivity index (χ0n) is 14.8. The molecule has 5 nitrogen and oxygen atoms in total. The predicted octanol–water partition coefficient (Wildman–Crippen LogP) is 4.29. The maximum atomic E-state index is 12.0. The van der Waals surface area contributed by atoms with Crippen LogP contribution in [0, 0.1) is 0 Å². The Morgan fingerprint density at radius 1 is 1.00 bits per heavy atom. The third-order valence-corrected chi connectivity index (χ3v) is 3.55. The maximum Gasteiger partial charge on any atom is 0.340 e. The molecule has 0 aliphatic rings. The first kappa shape index (κ1) is 20.5. The Hall–Kier alpha value is -1.59. The van der Waals surface area contributed by atoms with E-state index >= 15 is 0 Å². The second-order valence-corrected chi connectivity index (χ2v) is 5.69. The van der Waals surface area contributed by atoms with Gasteiger partial charge in [-0.15, -0.1) is 0 Å². The Morgan fingerprint density at radius 3 is 2.38 bits per heavy atom. The summed E-state index contributed by atoms with van der Waals surface area (Å²) in [5.74, 6) is -0.335. The zero-order valence-corrected chi connectivity index (χ0v) is 14.8. The summed E-state index contributed by atoms with van der Waals surface area (Å²) < 4.78 is 16.4. The quantitative estimate of drug-likeness (QED) is 0.330. The van der Waals surface area contributed by atoms with Crippen LogP contribution in [-0.2, 0) is 14.2 Å². The van der Waals surface area contributed by atoms with Crippen molar-refractivity contribution >= 4 is 5.97 Å². The summed E-state index contributed by atoms with van der Waals surface area (Å²) >= 11 is 0. The summed E-state index contributed by atoms with van der Waals surface area (Å²) in [6.07, 6.45) is 5.62. The highest BCUT2D eigenvalue weighted by molar-refractivity contribution is 5.89.